The van der Waals surface area contributed by atoms with Gasteiger partial charge in [0.05, 0.1) is 16.3 Å². The van der Waals surface area contributed by atoms with Crippen LogP contribution in [0.2, 0.25) is 0 Å². The lowest BCUT2D eigenvalue weighted by Gasteiger charge is -2.29. The van der Waals surface area contributed by atoms with Crippen LogP contribution in [0.25, 0.3) is 0 Å². The first kappa shape index (κ1) is 10.7. The van der Waals surface area contributed by atoms with Crippen LogP contribution in [0.4, 0.5) is 0 Å². The fourth-order valence-corrected chi connectivity index (χ4v) is 3.83. The zero-order chi connectivity index (χ0) is 11.2. The van der Waals surface area contributed by atoms with Gasteiger partial charge in [-0.15, -0.1) is 11.3 Å². The molecule has 2 unspecified atom stereocenters. The zero-order valence-corrected chi connectivity index (χ0v) is 10.5. The van der Waals surface area contributed by atoms with Gasteiger partial charge in [-0.1, -0.05) is 0 Å². The molecule has 3 rings (SSSR count). The Morgan fingerprint density at radius 2 is 2.50 bits per heavy atom. The Bertz CT molecular complexity index is 392. The molecule has 2 aliphatic heterocycles. The van der Waals surface area contributed by atoms with Crippen molar-refractivity contribution >= 4 is 11.3 Å². The van der Waals surface area contributed by atoms with Gasteiger partial charge in [-0.2, -0.15) is 0 Å². The summed E-state index contributed by atoms with van der Waals surface area (Å²) in [5.41, 5.74) is 0.551. The van der Waals surface area contributed by atoms with E-state index in [0.29, 0.717) is 6.04 Å². The number of aromatic nitrogens is 1. The number of rotatable bonds is 2. The number of hydrogen-bond donors (Lipinski definition) is 1. The van der Waals surface area contributed by atoms with E-state index in [2.05, 4.69) is 15.3 Å². The highest BCUT2D eigenvalue weighted by Gasteiger charge is 2.47. The van der Waals surface area contributed by atoms with E-state index in [4.69, 9.17) is 0 Å². The quantitative estimate of drug-likeness (QED) is 0.850. The minimum absolute atomic E-state index is 0.384. The summed E-state index contributed by atoms with van der Waals surface area (Å²) < 4.78 is 0. The van der Waals surface area contributed by atoms with Crippen LogP contribution in [0.5, 0.6) is 0 Å². The fourth-order valence-electron chi connectivity index (χ4n) is 3.22. The van der Waals surface area contributed by atoms with Crippen LogP contribution in [0.1, 0.15) is 30.0 Å². The van der Waals surface area contributed by atoms with E-state index in [9.17, 15) is 5.11 Å². The molecule has 0 amide bonds. The van der Waals surface area contributed by atoms with Crippen molar-refractivity contribution in [1.29, 1.82) is 0 Å². The lowest BCUT2D eigenvalue weighted by molar-refractivity contribution is 0.0134. The molecule has 1 aromatic heterocycles. The molecule has 2 atom stereocenters. The summed E-state index contributed by atoms with van der Waals surface area (Å²) in [5.74, 6) is 0. The monoisotopic (exact) mass is 238 g/mol. The number of aryl methyl sites for hydroxylation is 1. The summed E-state index contributed by atoms with van der Waals surface area (Å²) in [6.45, 7) is 4.25. The largest absolute Gasteiger partial charge is 0.388 e. The van der Waals surface area contributed by atoms with Gasteiger partial charge in [-0.25, -0.2) is 4.98 Å². The first-order valence-corrected chi connectivity index (χ1v) is 6.93. The molecule has 0 aromatic carbocycles. The van der Waals surface area contributed by atoms with Gasteiger partial charge in [-0.05, 0) is 32.7 Å². The summed E-state index contributed by atoms with van der Waals surface area (Å²) in [4.78, 5) is 6.92. The molecule has 1 aromatic rings. The summed E-state index contributed by atoms with van der Waals surface area (Å²) in [6, 6.07) is 0.384. The van der Waals surface area contributed by atoms with Gasteiger partial charge < -0.3 is 5.11 Å². The minimum atomic E-state index is -0.517. The third-order valence-electron chi connectivity index (χ3n) is 3.97. The standard InChI is InChI=1S/C12H18N2OS/c1-9-13-10(8-16-9)7-12(15)4-6-14-5-2-3-11(12)14/h8,11,15H,2-7H2,1H3. The molecule has 0 spiro atoms. The van der Waals surface area contributed by atoms with Gasteiger partial charge in [0, 0.05) is 24.4 Å². The van der Waals surface area contributed by atoms with E-state index >= 15 is 0 Å². The highest BCUT2D eigenvalue weighted by Crippen LogP contribution is 2.38. The molecule has 4 heteroatoms. The summed E-state index contributed by atoms with van der Waals surface area (Å²) >= 11 is 1.68. The second-order valence-electron chi connectivity index (χ2n) is 5.08. The van der Waals surface area contributed by atoms with E-state index in [-0.39, 0.29) is 0 Å². The van der Waals surface area contributed by atoms with E-state index in [0.717, 1.165) is 36.5 Å². The predicted octanol–water partition coefficient (Wildman–Crippen LogP) is 1.59. The Hall–Kier alpha value is -0.450. The van der Waals surface area contributed by atoms with Gasteiger partial charge in [0.2, 0.25) is 0 Å². The van der Waals surface area contributed by atoms with Crippen molar-refractivity contribution in [2.45, 2.75) is 44.2 Å². The summed E-state index contributed by atoms with van der Waals surface area (Å²) in [5, 5.41) is 13.9. The van der Waals surface area contributed by atoms with Crippen molar-refractivity contribution in [3.63, 3.8) is 0 Å². The Labute approximate surface area is 100 Å². The summed E-state index contributed by atoms with van der Waals surface area (Å²) in [7, 11) is 0. The van der Waals surface area contributed by atoms with Crippen LogP contribution in [0.3, 0.4) is 0 Å². The van der Waals surface area contributed by atoms with Gasteiger partial charge >= 0.3 is 0 Å². The van der Waals surface area contributed by atoms with Crippen molar-refractivity contribution < 1.29 is 5.11 Å². The number of aliphatic hydroxyl groups is 1. The van der Waals surface area contributed by atoms with Crippen molar-refractivity contribution in [2.75, 3.05) is 13.1 Å². The van der Waals surface area contributed by atoms with Crippen LogP contribution >= 0.6 is 11.3 Å². The van der Waals surface area contributed by atoms with Gasteiger partial charge in [0.25, 0.3) is 0 Å². The Morgan fingerprint density at radius 1 is 1.62 bits per heavy atom. The first-order valence-electron chi connectivity index (χ1n) is 6.05. The number of thiazole rings is 1. The number of fused-ring (bicyclic) bond motifs is 1. The third-order valence-corrected chi connectivity index (χ3v) is 4.79. The molecule has 0 aliphatic carbocycles. The van der Waals surface area contributed by atoms with Crippen LogP contribution in [0, 0.1) is 6.92 Å². The van der Waals surface area contributed by atoms with Crippen LogP contribution in [0.15, 0.2) is 5.38 Å². The van der Waals surface area contributed by atoms with Gasteiger partial charge in [0.1, 0.15) is 0 Å². The van der Waals surface area contributed by atoms with E-state index in [1.165, 1.54) is 13.0 Å². The Morgan fingerprint density at radius 3 is 3.25 bits per heavy atom. The Balaban J connectivity index is 1.78. The molecule has 0 radical (unpaired) electrons. The smallest absolute Gasteiger partial charge is 0.0897 e. The van der Waals surface area contributed by atoms with Crippen molar-refractivity contribution in [3.8, 4) is 0 Å². The maximum absolute atomic E-state index is 10.7. The molecule has 3 nitrogen and oxygen atoms in total. The average Bonchev–Trinajstić information content (AvgIpc) is 2.88. The second kappa shape index (κ2) is 3.79. The van der Waals surface area contributed by atoms with E-state index in [1.54, 1.807) is 11.3 Å². The highest BCUT2D eigenvalue weighted by atomic mass is 32.1. The predicted molar refractivity (Wildman–Crippen MR) is 64.7 cm³/mol. The van der Waals surface area contributed by atoms with Crippen molar-refractivity contribution in [3.05, 3.63) is 16.1 Å². The minimum Gasteiger partial charge on any atom is -0.388 e. The molecular weight excluding hydrogens is 220 g/mol. The zero-order valence-electron chi connectivity index (χ0n) is 9.65. The first-order chi connectivity index (χ1) is 7.67. The highest BCUT2D eigenvalue weighted by molar-refractivity contribution is 7.09. The van der Waals surface area contributed by atoms with Crippen molar-refractivity contribution in [1.82, 2.24) is 9.88 Å². The third kappa shape index (κ3) is 1.69. The van der Waals surface area contributed by atoms with Crippen LogP contribution in [-0.4, -0.2) is 39.7 Å². The fraction of sp³-hybridized carbons (Fsp3) is 0.750. The lowest BCUT2D eigenvalue weighted by Crippen LogP contribution is -2.43. The normalized spacial score (nSPS) is 34.5. The van der Waals surface area contributed by atoms with Gasteiger partial charge in [-0.3, -0.25) is 4.90 Å². The molecule has 3 heterocycles. The molecule has 2 aliphatic rings. The molecule has 2 fully saturated rings. The molecule has 2 saturated heterocycles. The molecular formula is C12H18N2OS. The molecule has 0 bridgehead atoms. The number of nitrogens with zero attached hydrogens (tertiary/aromatic N) is 2. The second-order valence-corrected chi connectivity index (χ2v) is 6.14. The number of hydrogen-bond acceptors (Lipinski definition) is 4. The van der Waals surface area contributed by atoms with E-state index in [1.807, 2.05) is 6.92 Å². The summed E-state index contributed by atoms with van der Waals surface area (Å²) in [6.07, 6.45) is 4.04. The maximum Gasteiger partial charge on any atom is 0.0897 e. The maximum atomic E-state index is 10.7. The Kier molecular flexibility index (Phi) is 2.53. The van der Waals surface area contributed by atoms with Crippen LogP contribution < -0.4 is 0 Å². The van der Waals surface area contributed by atoms with Crippen molar-refractivity contribution in [2.24, 2.45) is 0 Å². The SMILES string of the molecule is Cc1nc(CC2(O)CCN3CCCC32)cs1. The van der Waals surface area contributed by atoms with E-state index < -0.39 is 5.60 Å². The molecule has 0 saturated carbocycles. The van der Waals surface area contributed by atoms with Gasteiger partial charge in [0.15, 0.2) is 0 Å². The van der Waals surface area contributed by atoms with Crippen LogP contribution in [-0.2, 0) is 6.42 Å². The molecule has 1 N–H and O–H groups in total. The topological polar surface area (TPSA) is 36.4 Å². The molecule has 88 valence electrons. The molecule has 16 heavy (non-hydrogen) atoms. The average molecular weight is 238 g/mol. The lowest BCUT2D eigenvalue weighted by atomic mass is 9.88.